The molecular formula is C16H12Cl2N2O2. The number of carbonyl (C=O) groups excluding carboxylic acids is 1. The Labute approximate surface area is 138 Å². The van der Waals surface area contributed by atoms with E-state index < -0.39 is 0 Å². The molecule has 4 nitrogen and oxygen atoms in total. The Morgan fingerprint density at radius 1 is 1.18 bits per heavy atom. The van der Waals surface area contributed by atoms with E-state index in [9.17, 15) is 4.79 Å². The van der Waals surface area contributed by atoms with Gasteiger partial charge in [-0.05, 0) is 24.3 Å². The summed E-state index contributed by atoms with van der Waals surface area (Å²) in [5.41, 5.74) is 0.634. The number of benzene rings is 2. The molecule has 0 saturated heterocycles. The van der Waals surface area contributed by atoms with Gasteiger partial charge < -0.3 is 4.74 Å². The summed E-state index contributed by atoms with van der Waals surface area (Å²) < 4.78 is 5.41. The van der Waals surface area contributed by atoms with Crippen LogP contribution in [0.25, 0.3) is 0 Å². The Hall–Kier alpha value is -2.22. The standard InChI is InChI=1S/C16H12Cl2N2O2/c17-12-6-7-14(18)15(10-12)22-11-16(21)20(9-8-19)13-4-2-1-3-5-13/h1-7,10H,9,11H2. The maximum atomic E-state index is 12.3. The summed E-state index contributed by atoms with van der Waals surface area (Å²) in [6, 6.07) is 15.6. The molecule has 112 valence electrons. The fourth-order valence-electron chi connectivity index (χ4n) is 1.81. The molecule has 0 aromatic heterocycles. The van der Waals surface area contributed by atoms with Gasteiger partial charge in [0.2, 0.25) is 0 Å². The van der Waals surface area contributed by atoms with Gasteiger partial charge in [-0.3, -0.25) is 9.69 Å². The van der Waals surface area contributed by atoms with Crippen LogP contribution in [0.2, 0.25) is 10.0 Å². The highest BCUT2D eigenvalue weighted by molar-refractivity contribution is 6.34. The van der Waals surface area contributed by atoms with E-state index >= 15 is 0 Å². The van der Waals surface area contributed by atoms with Gasteiger partial charge in [0.05, 0.1) is 11.1 Å². The number of nitrogens with zero attached hydrogens (tertiary/aromatic N) is 2. The first-order chi connectivity index (χ1) is 10.6. The Morgan fingerprint density at radius 3 is 2.59 bits per heavy atom. The van der Waals surface area contributed by atoms with Crippen molar-refractivity contribution in [2.45, 2.75) is 0 Å². The summed E-state index contributed by atoms with van der Waals surface area (Å²) in [6.45, 7) is -0.299. The SMILES string of the molecule is N#CCN(C(=O)COc1cc(Cl)ccc1Cl)c1ccccc1. The normalized spacial score (nSPS) is 9.86. The number of para-hydroxylation sites is 1. The van der Waals surface area contributed by atoms with Crippen LogP contribution < -0.4 is 9.64 Å². The molecule has 2 aromatic rings. The molecule has 0 N–H and O–H groups in total. The molecule has 0 aliphatic heterocycles. The van der Waals surface area contributed by atoms with Crippen molar-refractivity contribution in [3.05, 3.63) is 58.6 Å². The molecule has 0 aliphatic rings. The van der Waals surface area contributed by atoms with Crippen molar-refractivity contribution in [3.63, 3.8) is 0 Å². The molecule has 22 heavy (non-hydrogen) atoms. The second-order valence-electron chi connectivity index (χ2n) is 4.34. The zero-order chi connectivity index (χ0) is 15.9. The van der Waals surface area contributed by atoms with Crippen LogP contribution in [0.5, 0.6) is 5.75 Å². The molecule has 0 atom stereocenters. The number of hydrogen-bond acceptors (Lipinski definition) is 3. The molecule has 0 radical (unpaired) electrons. The van der Waals surface area contributed by atoms with Crippen LogP contribution >= 0.6 is 23.2 Å². The number of nitriles is 1. The van der Waals surface area contributed by atoms with Crippen molar-refractivity contribution in [2.24, 2.45) is 0 Å². The average molecular weight is 335 g/mol. The number of anilines is 1. The third-order valence-corrected chi connectivity index (χ3v) is 3.39. The summed E-state index contributed by atoms with van der Waals surface area (Å²) >= 11 is 11.8. The molecule has 0 spiro atoms. The monoisotopic (exact) mass is 334 g/mol. The van der Waals surface area contributed by atoms with Gasteiger partial charge >= 0.3 is 0 Å². The quantitative estimate of drug-likeness (QED) is 0.778. The van der Waals surface area contributed by atoms with E-state index in [2.05, 4.69) is 0 Å². The highest BCUT2D eigenvalue weighted by Gasteiger charge is 2.16. The van der Waals surface area contributed by atoms with Gasteiger partial charge in [-0.1, -0.05) is 41.4 Å². The Balaban J connectivity index is 2.09. The largest absolute Gasteiger partial charge is 0.482 e. The molecule has 0 fully saturated rings. The minimum absolute atomic E-state index is 0.0600. The third-order valence-electron chi connectivity index (χ3n) is 2.84. The van der Waals surface area contributed by atoms with E-state index in [1.54, 1.807) is 36.4 Å². The first kappa shape index (κ1) is 16.2. The van der Waals surface area contributed by atoms with E-state index in [4.69, 9.17) is 33.2 Å². The Bertz CT molecular complexity index is 699. The number of ether oxygens (including phenoxy) is 1. The summed E-state index contributed by atoms with van der Waals surface area (Å²) in [7, 11) is 0. The van der Waals surface area contributed by atoms with Crippen molar-refractivity contribution in [3.8, 4) is 11.8 Å². The van der Waals surface area contributed by atoms with Gasteiger partial charge in [0.1, 0.15) is 12.3 Å². The van der Waals surface area contributed by atoms with Crippen molar-refractivity contribution >= 4 is 34.8 Å². The topological polar surface area (TPSA) is 53.3 Å². The molecule has 2 aromatic carbocycles. The van der Waals surface area contributed by atoms with E-state index in [0.29, 0.717) is 21.5 Å². The van der Waals surface area contributed by atoms with Crippen LogP contribution in [0.4, 0.5) is 5.69 Å². The number of amides is 1. The minimum Gasteiger partial charge on any atom is -0.482 e. The lowest BCUT2D eigenvalue weighted by Crippen LogP contribution is -2.35. The van der Waals surface area contributed by atoms with Gasteiger partial charge in [0.15, 0.2) is 6.61 Å². The predicted molar refractivity (Wildman–Crippen MR) is 86.4 cm³/mol. The Kier molecular flexibility index (Phi) is 5.65. The molecule has 0 bridgehead atoms. The highest BCUT2D eigenvalue weighted by Crippen LogP contribution is 2.27. The first-order valence-electron chi connectivity index (χ1n) is 6.42. The van der Waals surface area contributed by atoms with Gasteiger partial charge in [-0.15, -0.1) is 0 Å². The third kappa shape index (κ3) is 4.14. The predicted octanol–water partition coefficient (Wildman–Crippen LogP) is 3.93. The summed E-state index contributed by atoms with van der Waals surface area (Å²) in [6.07, 6.45) is 0. The number of halogens is 2. The van der Waals surface area contributed by atoms with Crippen LogP contribution in [0.3, 0.4) is 0 Å². The molecule has 1 amide bonds. The summed E-state index contributed by atoms with van der Waals surface area (Å²) in [4.78, 5) is 13.6. The van der Waals surface area contributed by atoms with Gasteiger partial charge in [-0.25, -0.2) is 0 Å². The van der Waals surface area contributed by atoms with Crippen LogP contribution in [0.1, 0.15) is 0 Å². The second kappa shape index (κ2) is 7.69. The molecule has 0 heterocycles. The molecular weight excluding hydrogens is 323 g/mol. The molecule has 6 heteroatoms. The van der Waals surface area contributed by atoms with Gasteiger partial charge in [0, 0.05) is 16.8 Å². The molecule has 0 saturated carbocycles. The van der Waals surface area contributed by atoms with Crippen molar-refractivity contribution in [2.75, 3.05) is 18.1 Å². The van der Waals surface area contributed by atoms with E-state index in [1.165, 1.54) is 11.0 Å². The van der Waals surface area contributed by atoms with E-state index in [-0.39, 0.29) is 19.1 Å². The zero-order valence-corrected chi connectivity index (χ0v) is 13.0. The number of carbonyl (C=O) groups is 1. The van der Waals surface area contributed by atoms with Crippen LogP contribution in [-0.4, -0.2) is 19.1 Å². The van der Waals surface area contributed by atoms with Crippen LogP contribution in [0, 0.1) is 11.3 Å². The van der Waals surface area contributed by atoms with Crippen molar-refractivity contribution in [1.82, 2.24) is 0 Å². The smallest absolute Gasteiger partial charge is 0.265 e. The highest BCUT2D eigenvalue weighted by atomic mass is 35.5. The molecule has 0 unspecified atom stereocenters. The van der Waals surface area contributed by atoms with E-state index in [0.717, 1.165) is 0 Å². The first-order valence-corrected chi connectivity index (χ1v) is 7.17. The molecule has 2 rings (SSSR count). The maximum absolute atomic E-state index is 12.3. The van der Waals surface area contributed by atoms with Crippen LogP contribution in [-0.2, 0) is 4.79 Å². The fraction of sp³-hybridized carbons (Fsp3) is 0.125. The lowest BCUT2D eigenvalue weighted by atomic mass is 10.3. The lowest BCUT2D eigenvalue weighted by Gasteiger charge is -2.20. The Morgan fingerprint density at radius 2 is 1.91 bits per heavy atom. The average Bonchev–Trinajstić information content (AvgIpc) is 2.54. The summed E-state index contributed by atoms with van der Waals surface area (Å²) in [5, 5.41) is 9.72. The number of rotatable bonds is 5. The van der Waals surface area contributed by atoms with Crippen LogP contribution in [0.15, 0.2) is 48.5 Å². The summed E-state index contributed by atoms with van der Waals surface area (Å²) in [5.74, 6) is -0.0173. The molecule has 0 aliphatic carbocycles. The van der Waals surface area contributed by atoms with Gasteiger partial charge in [0.25, 0.3) is 5.91 Å². The number of hydrogen-bond donors (Lipinski definition) is 0. The van der Waals surface area contributed by atoms with Crippen molar-refractivity contribution in [1.29, 1.82) is 5.26 Å². The lowest BCUT2D eigenvalue weighted by molar-refractivity contribution is -0.120. The maximum Gasteiger partial charge on any atom is 0.265 e. The van der Waals surface area contributed by atoms with Crippen molar-refractivity contribution < 1.29 is 9.53 Å². The van der Waals surface area contributed by atoms with E-state index in [1.807, 2.05) is 12.1 Å². The zero-order valence-electron chi connectivity index (χ0n) is 11.5. The van der Waals surface area contributed by atoms with Gasteiger partial charge in [-0.2, -0.15) is 5.26 Å². The fourth-order valence-corrected chi connectivity index (χ4v) is 2.14. The minimum atomic E-state index is -0.344. The second-order valence-corrected chi connectivity index (χ2v) is 5.18.